The molecule has 216 valence electrons. The molecule has 0 bridgehead atoms. The van der Waals surface area contributed by atoms with Crippen LogP contribution in [-0.2, 0) is 21.2 Å². The first-order valence-electron chi connectivity index (χ1n) is 13.5. The molecule has 3 aromatic rings. The Morgan fingerprint density at radius 3 is 2.54 bits per heavy atom. The van der Waals surface area contributed by atoms with Crippen molar-refractivity contribution in [1.82, 2.24) is 4.31 Å². The molecule has 0 saturated carbocycles. The minimum atomic E-state index is -3.85. The molecule has 0 spiro atoms. The Kier molecular flexibility index (Phi) is 8.53. The van der Waals surface area contributed by atoms with Crippen LogP contribution in [-0.4, -0.2) is 57.9 Å². The number of carbonyl (C=O) groups excluding carboxylic acids is 2. The van der Waals surface area contributed by atoms with Gasteiger partial charge in [-0.1, -0.05) is 17.7 Å². The van der Waals surface area contributed by atoms with E-state index in [0.717, 1.165) is 17.7 Å². The fraction of sp³-hybridized carbons (Fsp3) is 0.333. The molecule has 5 rings (SSSR count). The van der Waals surface area contributed by atoms with Crippen molar-refractivity contribution >= 4 is 44.8 Å². The van der Waals surface area contributed by atoms with Gasteiger partial charge in [0.1, 0.15) is 11.5 Å². The number of carbonyl (C=O) groups is 2. The molecular weight excluding hydrogens is 566 g/mol. The number of fused-ring (bicyclic) bond motifs is 1. The molecule has 1 N–H and O–H groups in total. The molecular formula is C30H32ClN3O6S. The van der Waals surface area contributed by atoms with Crippen molar-refractivity contribution in [3.63, 3.8) is 0 Å². The van der Waals surface area contributed by atoms with Crippen molar-refractivity contribution in [3.05, 3.63) is 76.8 Å². The van der Waals surface area contributed by atoms with Crippen molar-refractivity contribution in [2.75, 3.05) is 43.6 Å². The number of benzene rings is 3. The number of rotatable bonds is 8. The van der Waals surface area contributed by atoms with Crippen LogP contribution in [0.1, 0.15) is 35.7 Å². The number of piperidine rings is 1. The number of nitrogens with one attached hydrogen (secondary N) is 1. The van der Waals surface area contributed by atoms with E-state index in [1.165, 1.54) is 16.4 Å². The van der Waals surface area contributed by atoms with E-state index >= 15 is 0 Å². The Hall–Kier alpha value is -3.60. The lowest BCUT2D eigenvalue weighted by atomic mass is 9.98. The number of anilines is 2. The number of sulfonamides is 1. The highest BCUT2D eigenvalue weighted by Gasteiger charge is 2.34. The number of ether oxygens (including phenoxy) is 2. The molecule has 41 heavy (non-hydrogen) atoms. The second-order valence-electron chi connectivity index (χ2n) is 10.00. The van der Waals surface area contributed by atoms with Crippen LogP contribution in [0.15, 0.2) is 65.6 Å². The van der Waals surface area contributed by atoms with Crippen LogP contribution in [0.2, 0.25) is 5.02 Å². The van der Waals surface area contributed by atoms with Crippen LogP contribution in [0.3, 0.4) is 0 Å². The Bertz CT molecular complexity index is 1560. The lowest BCUT2D eigenvalue weighted by molar-refractivity contribution is -0.120. The van der Waals surface area contributed by atoms with Gasteiger partial charge >= 0.3 is 0 Å². The third-order valence-corrected chi connectivity index (χ3v) is 9.58. The maximum Gasteiger partial charge on any atom is 0.258 e. The highest BCUT2D eigenvalue weighted by atomic mass is 35.5. The van der Waals surface area contributed by atoms with Crippen LogP contribution in [0.5, 0.6) is 11.5 Å². The topological polar surface area (TPSA) is 105 Å². The molecule has 1 fully saturated rings. The van der Waals surface area contributed by atoms with Crippen LogP contribution >= 0.6 is 11.6 Å². The molecule has 0 aliphatic carbocycles. The van der Waals surface area contributed by atoms with E-state index in [1.807, 2.05) is 19.1 Å². The van der Waals surface area contributed by atoms with Crippen molar-refractivity contribution in [2.24, 2.45) is 5.92 Å². The van der Waals surface area contributed by atoms with E-state index in [1.54, 1.807) is 48.4 Å². The van der Waals surface area contributed by atoms with Gasteiger partial charge in [0.15, 0.2) is 0 Å². The van der Waals surface area contributed by atoms with E-state index < -0.39 is 15.9 Å². The summed E-state index contributed by atoms with van der Waals surface area (Å²) in [6, 6.07) is 16.9. The zero-order chi connectivity index (χ0) is 29.1. The lowest BCUT2D eigenvalue weighted by Crippen LogP contribution is -2.43. The summed E-state index contributed by atoms with van der Waals surface area (Å²) < 4.78 is 38.7. The summed E-state index contributed by atoms with van der Waals surface area (Å²) >= 11 is 6.24. The third kappa shape index (κ3) is 6.05. The maximum absolute atomic E-state index is 13.4. The van der Waals surface area contributed by atoms with Crippen LogP contribution in [0.25, 0.3) is 0 Å². The summed E-state index contributed by atoms with van der Waals surface area (Å²) in [5, 5.41) is 3.16. The van der Waals surface area contributed by atoms with Gasteiger partial charge in [-0.15, -0.1) is 0 Å². The standard InChI is InChI=1S/C30H32ClN3O6S/c1-3-40-28-13-12-25(18-26(28)31)41(37,38)33-15-4-5-22(19-33)29(35)32-23-9-6-20-14-16-34(27(20)17-23)30(36)21-7-10-24(39-2)11-8-21/h6-13,17-18,22H,3-5,14-16,19H2,1-2H3,(H,32,35)/t22-/m1/s1. The monoisotopic (exact) mass is 597 g/mol. The number of methoxy groups -OCH3 is 1. The minimum Gasteiger partial charge on any atom is -0.497 e. The predicted octanol–water partition coefficient (Wildman–Crippen LogP) is 4.99. The van der Waals surface area contributed by atoms with Crippen molar-refractivity contribution in [2.45, 2.75) is 31.1 Å². The fourth-order valence-corrected chi connectivity index (χ4v) is 7.09. The average Bonchev–Trinajstić information content (AvgIpc) is 3.41. The summed E-state index contributed by atoms with van der Waals surface area (Å²) in [6.45, 7) is 3.16. The number of nitrogens with zero attached hydrogens (tertiary/aromatic N) is 2. The SMILES string of the molecule is CCOc1ccc(S(=O)(=O)N2CCC[C@@H](C(=O)Nc3ccc4c(c3)N(C(=O)c3ccc(OC)cc3)CC4)C2)cc1Cl. The summed E-state index contributed by atoms with van der Waals surface area (Å²) in [7, 11) is -2.28. The third-order valence-electron chi connectivity index (χ3n) is 7.43. The summed E-state index contributed by atoms with van der Waals surface area (Å²) in [4.78, 5) is 28.3. The zero-order valence-electron chi connectivity index (χ0n) is 22.9. The van der Waals surface area contributed by atoms with Gasteiger partial charge in [-0.05, 0) is 86.3 Å². The van der Waals surface area contributed by atoms with Gasteiger partial charge in [0.2, 0.25) is 15.9 Å². The Labute approximate surface area is 245 Å². The van der Waals surface area contributed by atoms with Crippen LogP contribution in [0.4, 0.5) is 11.4 Å². The molecule has 3 aromatic carbocycles. The molecule has 2 heterocycles. The zero-order valence-corrected chi connectivity index (χ0v) is 24.5. The normalized spacial score (nSPS) is 17.1. The second-order valence-corrected chi connectivity index (χ2v) is 12.3. The number of hydrogen-bond acceptors (Lipinski definition) is 6. The first-order chi connectivity index (χ1) is 19.7. The molecule has 0 unspecified atom stereocenters. The summed E-state index contributed by atoms with van der Waals surface area (Å²) in [5.74, 6) is 0.174. The van der Waals surface area contributed by atoms with Gasteiger partial charge in [-0.3, -0.25) is 9.59 Å². The Morgan fingerprint density at radius 1 is 1.05 bits per heavy atom. The fourth-order valence-electron chi connectivity index (χ4n) is 5.24. The second kappa shape index (κ2) is 12.1. The molecule has 1 atom stereocenters. The van der Waals surface area contributed by atoms with Gasteiger partial charge in [0.25, 0.3) is 5.91 Å². The molecule has 2 aliphatic heterocycles. The molecule has 9 nitrogen and oxygen atoms in total. The molecule has 11 heteroatoms. The van der Waals surface area contributed by atoms with Crippen LogP contribution in [0, 0.1) is 5.92 Å². The average molecular weight is 598 g/mol. The van der Waals surface area contributed by atoms with E-state index in [-0.39, 0.29) is 28.3 Å². The van der Waals surface area contributed by atoms with Gasteiger partial charge in [-0.25, -0.2) is 8.42 Å². The Morgan fingerprint density at radius 2 is 1.83 bits per heavy atom. The van der Waals surface area contributed by atoms with Crippen molar-refractivity contribution in [3.8, 4) is 11.5 Å². The first kappa shape index (κ1) is 28.9. The number of halogens is 1. The maximum atomic E-state index is 13.4. The molecule has 0 aromatic heterocycles. The lowest BCUT2D eigenvalue weighted by Gasteiger charge is -2.31. The molecule has 2 amide bonds. The molecule has 1 saturated heterocycles. The number of hydrogen-bond donors (Lipinski definition) is 1. The summed E-state index contributed by atoms with van der Waals surface area (Å²) in [5.41, 5.74) is 2.88. The summed E-state index contributed by atoms with van der Waals surface area (Å²) in [6.07, 6.45) is 1.84. The molecule has 2 aliphatic rings. The van der Waals surface area contributed by atoms with Gasteiger partial charge < -0.3 is 19.7 Å². The van der Waals surface area contributed by atoms with E-state index in [9.17, 15) is 18.0 Å². The van der Waals surface area contributed by atoms with Crippen LogP contribution < -0.4 is 19.7 Å². The minimum absolute atomic E-state index is 0.0615. The smallest absolute Gasteiger partial charge is 0.258 e. The molecule has 0 radical (unpaired) electrons. The van der Waals surface area contributed by atoms with E-state index in [0.29, 0.717) is 55.3 Å². The number of amides is 2. The quantitative estimate of drug-likeness (QED) is 0.392. The van der Waals surface area contributed by atoms with Gasteiger partial charge in [-0.2, -0.15) is 4.31 Å². The first-order valence-corrected chi connectivity index (χ1v) is 15.3. The van der Waals surface area contributed by atoms with Gasteiger partial charge in [0, 0.05) is 36.6 Å². The highest BCUT2D eigenvalue weighted by Crippen LogP contribution is 2.34. The predicted molar refractivity (Wildman–Crippen MR) is 158 cm³/mol. The van der Waals surface area contributed by atoms with E-state index in [4.69, 9.17) is 21.1 Å². The van der Waals surface area contributed by atoms with E-state index in [2.05, 4.69) is 5.32 Å². The largest absolute Gasteiger partial charge is 0.497 e. The Balaban J connectivity index is 1.28. The van der Waals surface area contributed by atoms with Crippen molar-refractivity contribution < 1.29 is 27.5 Å². The highest BCUT2D eigenvalue weighted by molar-refractivity contribution is 7.89. The van der Waals surface area contributed by atoms with Crippen molar-refractivity contribution in [1.29, 1.82) is 0 Å². The van der Waals surface area contributed by atoms with Gasteiger partial charge in [0.05, 0.1) is 29.6 Å².